The smallest absolute Gasteiger partial charge is 0.325 e. The lowest BCUT2D eigenvalue weighted by Crippen LogP contribution is -2.30. The van der Waals surface area contributed by atoms with E-state index in [0.29, 0.717) is 22.8 Å². The van der Waals surface area contributed by atoms with Crippen LogP contribution in [0.3, 0.4) is 0 Å². The minimum atomic E-state index is -0.560. The summed E-state index contributed by atoms with van der Waals surface area (Å²) >= 11 is 1.34. The van der Waals surface area contributed by atoms with E-state index in [1.807, 2.05) is 42.5 Å². The Morgan fingerprint density at radius 1 is 0.971 bits per heavy atom. The van der Waals surface area contributed by atoms with Crippen molar-refractivity contribution < 1.29 is 19.1 Å². The number of esters is 1. The Morgan fingerprint density at radius 3 is 2.35 bits per heavy atom. The quantitative estimate of drug-likeness (QED) is 0.456. The molecule has 1 aromatic heterocycles. The van der Waals surface area contributed by atoms with Crippen LogP contribution in [-0.4, -0.2) is 29.3 Å². The summed E-state index contributed by atoms with van der Waals surface area (Å²) in [5, 5.41) is 7.82. The van der Waals surface area contributed by atoms with E-state index in [1.165, 1.54) is 11.3 Å². The number of hydrogen-bond donors (Lipinski definition) is 2. The topological polar surface area (TPSA) is 97.4 Å². The van der Waals surface area contributed by atoms with Crippen molar-refractivity contribution in [1.82, 2.24) is 15.6 Å². The molecule has 0 saturated heterocycles. The molecule has 3 aromatic rings. The first kappa shape index (κ1) is 25.1. The van der Waals surface area contributed by atoms with Crippen molar-refractivity contribution >= 4 is 29.1 Å². The number of ether oxygens (including phenoxy) is 1. The number of aromatic nitrogens is 1. The molecule has 0 saturated carbocycles. The van der Waals surface area contributed by atoms with Gasteiger partial charge in [0.2, 0.25) is 5.91 Å². The number of thiazole rings is 1. The Labute approximate surface area is 203 Å². The second kappa shape index (κ2) is 11.6. The third-order valence-corrected chi connectivity index (χ3v) is 5.93. The Kier molecular flexibility index (Phi) is 8.54. The highest BCUT2D eigenvalue weighted by atomic mass is 32.1. The maximum absolute atomic E-state index is 12.3. The van der Waals surface area contributed by atoms with Gasteiger partial charge in [0.15, 0.2) is 0 Å². The zero-order chi connectivity index (χ0) is 24.6. The summed E-state index contributed by atoms with van der Waals surface area (Å²) < 4.78 is 5.19. The lowest BCUT2D eigenvalue weighted by molar-refractivity contribution is -0.143. The molecule has 3 rings (SSSR count). The summed E-state index contributed by atoms with van der Waals surface area (Å²) in [5.74, 6) is -1.02. The van der Waals surface area contributed by atoms with Crippen LogP contribution in [0.1, 0.15) is 53.0 Å². The molecule has 178 valence electrons. The van der Waals surface area contributed by atoms with E-state index in [-0.39, 0.29) is 36.8 Å². The fraction of sp³-hybridized carbons (Fsp3) is 0.308. The number of amides is 2. The number of nitrogens with one attached hydrogen (secondary N) is 2. The Bertz CT molecular complexity index is 1120. The molecule has 7 nitrogen and oxygen atoms in total. The van der Waals surface area contributed by atoms with Crippen LogP contribution in [0, 0.1) is 0 Å². The second-order valence-electron chi connectivity index (χ2n) is 8.84. The zero-order valence-electron chi connectivity index (χ0n) is 19.6. The molecule has 0 aliphatic carbocycles. The van der Waals surface area contributed by atoms with Gasteiger partial charge in [-0.25, -0.2) is 4.98 Å². The number of rotatable bonds is 9. The van der Waals surface area contributed by atoms with Crippen LogP contribution < -0.4 is 10.6 Å². The van der Waals surface area contributed by atoms with Crippen LogP contribution in [0.4, 0.5) is 0 Å². The molecule has 2 N–H and O–H groups in total. The first-order valence-corrected chi connectivity index (χ1v) is 11.9. The van der Waals surface area contributed by atoms with Crippen LogP contribution in [-0.2, 0) is 39.3 Å². The normalized spacial score (nSPS) is 11.0. The van der Waals surface area contributed by atoms with Gasteiger partial charge < -0.3 is 15.4 Å². The van der Waals surface area contributed by atoms with Gasteiger partial charge in [0.1, 0.15) is 18.2 Å². The number of carbonyl (C=O) groups excluding carboxylic acids is 3. The Balaban J connectivity index is 1.38. The molecule has 1 heterocycles. The third-order valence-electron chi connectivity index (χ3n) is 5.03. The number of nitrogens with zero attached hydrogens (tertiary/aromatic N) is 1. The molecule has 0 fully saturated rings. The van der Waals surface area contributed by atoms with Crippen LogP contribution in [0.25, 0.3) is 0 Å². The van der Waals surface area contributed by atoms with Crippen molar-refractivity contribution in [2.75, 3.05) is 6.54 Å². The van der Waals surface area contributed by atoms with Crippen LogP contribution >= 0.6 is 11.3 Å². The number of benzene rings is 2. The first-order chi connectivity index (χ1) is 16.2. The zero-order valence-corrected chi connectivity index (χ0v) is 20.4. The van der Waals surface area contributed by atoms with E-state index in [9.17, 15) is 14.4 Å². The minimum Gasteiger partial charge on any atom is -0.458 e. The fourth-order valence-corrected chi connectivity index (χ4v) is 3.85. The third kappa shape index (κ3) is 7.81. The van der Waals surface area contributed by atoms with E-state index >= 15 is 0 Å². The molecule has 0 radical (unpaired) electrons. The van der Waals surface area contributed by atoms with Gasteiger partial charge in [-0.05, 0) is 28.7 Å². The highest BCUT2D eigenvalue weighted by Gasteiger charge is 2.15. The summed E-state index contributed by atoms with van der Waals surface area (Å²) in [7, 11) is 0. The van der Waals surface area contributed by atoms with Gasteiger partial charge in [-0.15, -0.1) is 11.3 Å². The highest BCUT2D eigenvalue weighted by molar-refractivity contribution is 7.09. The van der Waals surface area contributed by atoms with Crippen molar-refractivity contribution in [3.63, 3.8) is 0 Å². The molecule has 0 bridgehead atoms. The average molecular weight is 480 g/mol. The molecule has 0 unspecified atom stereocenters. The summed E-state index contributed by atoms with van der Waals surface area (Å²) in [6, 6.07) is 17.0. The monoisotopic (exact) mass is 479 g/mol. The van der Waals surface area contributed by atoms with Crippen LogP contribution in [0.15, 0.2) is 60.0 Å². The van der Waals surface area contributed by atoms with Crippen molar-refractivity contribution in [2.24, 2.45) is 0 Å². The summed E-state index contributed by atoms with van der Waals surface area (Å²) in [4.78, 5) is 40.7. The predicted molar refractivity (Wildman–Crippen MR) is 131 cm³/mol. The van der Waals surface area contributed by atoms with Gasteiger partial charge in [0.25, 0.3) is 5.91 Å². The maximum atomic E-state index is 12.3. The minimum absolute atomic E-state index is 0.000327. The van der Waals surface area contributed by atoms with Gasteiger partial charge in [-0.1, -0.05) is 63.2 Å². The molecule has 8 heteroatoms. The lowest BCUT2D eigenvalue weighted by Gasteiger charge is -2.19. The standard InChI is InChI=1S/C26H29N3O4S/c1-26(2,3)20-11-9-19(10-12-20)25(32)28-15-24(31)33-16-21-17-34-23(29-21)13-22(30)27-14-18-7-5-4-6-8-18/h4-12,17H,13-16H2,1-3H3,(H,27,30)(H,28,32). The SMILES string of the molecule is CC(C)(C)c1ccc(C(=O)NCC(=O)OCc2csc(CC(=O)NCc3ccccc3)n2)cc1. The summed E-state index contributed by atoms with van der Waals surface area (Å²) in [6.45, 7) is 6.51. The van der Waals surface area contributed by atoms with Crippen molar-refractivity contribution in [2.45, 2.75) is 45.8 Å². The molecule has 0 atom stereocenters. The summed E-state index contributed by atoms with van der Waals surface area (Å²) in [5.41, 5.74) is 3.19. The van der Waals surface area contributed by atoms with Crippen LogP contribution in [0.2, 0.25) is 0 Å². The average Bonchev–Trinajstić information content (AvgIpc) is 3.27. The molecular weight excluding hydrogens is 450 g/mol. The van der Waals surface area contributed by atoms with Crippen molar-refractivity contribution in [3.05, 3.63) is 87.4 Å². The maximum Gasteiger partial charge on any atom is 0.325 e. The molecule has 0 aliphatic heterocycles. The molecular formula is C26H29N3O4S. The van der Waals surface area contributed by atoms with Gasteiger partial charge in [-0.3, -0.25) is 14.4 Å². The number of hydrogen-bond acceptors (Lipinski definition) is 6. The highest BCUT2D eigenvalue weighted by Crippen LogP contribution is 2.22. The summed E-state index contributed by atoms with van der Waals surface area (Å²) in [6.07, 6.45) is 0.162. The molecule has 2 amide bonds. The first-order valence-electron chi connectivity index (χ1n) is 11.0. The van der Waals surface area contributed by atoms with E-state index in [2.05, 4.69) is 36.4 Å². The number of carbonyl (C=O) groups is 3. The molecule has 2 aromatic carbocycles. The van der Waals surface area contributed by atoms with E-state index in [1.54, 1.807) is 17.5 Å². The fourth-order valence-electron chi connectivity index (χ4n) is 3.07. The van der Waals surface area contributed by atoms with Gasteiger partial charge in [0.05, 0.1) is 12.1 Å². The van der Waals surface area contributed by atoms with Crippen LogP contribution in [0.5, 0.6) is 0 Å². The van der Waals surface area contributed by atoms with Gasteiger partial charge >= 0.3 is 5.97 Å². The van der Waals surface area contributed by atoms with Gasteiger partial charge in [0, 0.05) is 17.5 Å². The molecule has 0 aliphatic rings. The van der Waals surface area contributed by atoms with Gasteiger partial charge in [-0.2, -0.15) is 0 Å². The van der Waals surface area contributed by atoms with Crippen molar-refractivity contribution in [1.29, 1.82) is 0 Å². The largest absolute Gasteiger partial charge is 0.458 e. The Morgan fingerprint density at radius 2 is 1.68 bits per heavy atom. The van der Waals surface area contributed by atoms with E-state index in [4.69, 9.17) is 4.74 Å². The molecule has 0 spiro atoms. The molecule has 34 heavy (non-hydrogen) atoms. The van der Waals surface area contributed by atoms with E-state index in [0.717, 1.165) is 11.1 Å². The van der Waals surface area contributed by atoms with Crippen molar-refractivity contribution in [3.8, 4) is 0 Å². The van der Waals surface area contributed by atoms with E-state index < -0.39 is 5.97 Å². The lowest BCUT2D eigenvalue weighted by atomic mass is 9.87. The second-order valence-corrected chi connectivity index (χ2v) is 9.79. The Hall–Kier alpha value is -3.52. The predicted octanol–water partition coefficient (Wildman–Crippen LogP) is 3.77.